The summed E-state index contributed by atoms with van der Waals surface area (Å²) < 4.78 is 25.1. The molecule has 0 heterocycles. The lowest BCUT2D eigenvalue weighted by atomic mass is 9.94. The second kappa shape index (κ2) is 7.70. The van der Waals surface area contributed by atoms with Crippen molar-refractivity contribution in [1.29, 1.82) is 0 Å². The molecule has 1 amide bonds. The molecule has 0 aromatic heterocycles. The van der Waals surface area contributed by atoms with Gasteiger partial charge in [-0.2, -0.15) is 0 Å². The third kappa shape index (κ3) is 4.92. The third-order valence-electron chi connectivity index (χ3n) is 3.92. The maximum absolute atomic E-state index is 12.6. The van der Waals surface area contributed by atoms with Crippen molar-refractivity contribution in [3.63, 3.8) is 0 Å². The minimum atomic E-state index is -3.60. The molecule has 0 bridgehead atoms. The monoisotopic (exact) mass is 375 g/mol. The lowest BCUT2D eigenvalue weighted by Crippen LogP contribution is -2.38. The number of sulfone groups is 1. The minimum absolute atomic E-state index is 0.0477. The van der Waals surface area contributed by atoms with E-state index < -0.39 is 27.1 Å². The first-order valence-corrected chi connectivity index (χ1v) is 9.65. The smallest absolute Gasteiger partial charge is 0.310 e. The van der Waals surface area contributed by atoms with Crippen LogP contribution >= 0.6 is 0 Å². The van der Waals surface area contributed by atoms with Crippen molar-refractivity contribution in [2.45, 2.75) is 24.5 Å². The van der Waals surface area contributed by atoms with Crippen LogP contribution in [0.15, 0.2) is 59.5 Å². The molecule has 0 aliphatic rings. The number of carbonyl (C=O) groups is 2. The summed E-state index contributed by atoms with van der Waals surface area (Å²) in [4.78, 5) is 23.4. The van der Waals surface area contributed by atoms with Gasteiger partial charge < -0.3 is 10.4 Å². The van der Waals surface area contributed by atoms with E-state index in [0.29, 0.717) is 5.56 Å². The number of carboxylic acid groups (broad SMARTS) is 1. The van der Waals surface area contributed by atoms with Crippen molar-refractivity contribution in [2.75, 3.05) is 6.54 Å². The van der Waals surface area contributed by atoms with E-state index in [-0.39, 0.29) is 22.8 Å². The van der Waals surface area contributed by atoms with E-state index in [1.54, 1.807) is 30.3 Å². The fraction of sp³-hybridized carbons (Fsp3) is 0.263. The molecular formula is C19H21NO5S. The number of amides is 1. The Morgan fingerprint density at radius 3 is 2.31 bits per heavy atom. The summed E-state index contributed by atoms with van der Waals surface area (Å²) in [7, 11) is -3.60. The summed E-state index contributed by atoms with van der Waals surface area (Å²) in [5.41, 5.74) is -0.294. The standard InChI is InChI=1S/C19H21NO5S/c1-19(2,18(22)23)13-20-17(21)15-9-6-10-16(11-15)26(24,25)12-14-7-4-3-5-8-14/h3-11H,12-13H2,1-2H3,(H,20,21)(H,22,23). The van der Waals surface area contributed by atoms with Crippen LogP contribution in [0, 0.1) is 5.41 Å². The average molecular weight is 375 g/mol. The SMILES string of the molecule is CC(C)(CNC(=O)c1cccc(S(=O)(=O)Cc2ccccc2)c1)C(=O)O. The molecule has 2 aromatic rings. The predicted octanol–water partition coefficient (Wildman–Crippen LogP) is 2.50. The highest BCUT2D eigenvalue weighted by Crippen LogP contribution is 2.18. The van der Waals surface area contributed by atoms with Gasteiger partial charge in [0, 0.05) is 12.1 Å². The summed E-state index contributed by atoms with van der Waals surface area (Å²) in [6.45, 7) is 2.93. The Bertz CT molecular complexity index is 905. The quantitative estimate of drug-likeness (QED) is 0.774. The Kier molecular flexibility index (Phi) is 5.82. The lowest BCUT2D eigenvalue weighted by molar-refractivity contribution is -0.146. The molecule has 0 unspecified atom stereocenters. The summed E-state index contributed by atoms with van der Waals surface area (Å²) in [5.74, 6) is -1.71. The van der Waals surface area contributed by atoms with Crippen molar-refractivity contribution in [2.24, 2.45) is 5.41 Å². The molecule has 0 saturated carbocycles. The Balaban J connectivity index is 2.16. The van der Waals surface area contributed by atoms with E-state index in [0.717, 1.165) is 0 Å². The molecule has 6 nitrogen and oxygen atoms in total. The highest BCUT2D eigenvalue weighted by Gasteiger charge is 2.28. The summed E-state index contributed by atoms with van der Waals surface area (Å²) >= 11 is 0. The van der Waals surface area contributed by atoms with Crippen LogP contribution in [-0.2, 0) is 20.4 Å². The van der Waals surface area contributed by atoms with Crippen molar-refractivity contribution in [1.82, 2.24) is 5.32 Å². The Hall–Kier alpha value is -2.67. The molecule has 0 fully saturated rings. The van der Waals surface area contributed by atoms with Crippen LogP contribution in [-0.4, -0.2) is 31.9 Å². The van der Waals surface area contributed by atoms with E-state index in [1.165, 1.54) is 38.1 Å². The number of hydrogen-bond donors (Lipinski definition) is 2. The molecule has 0 aliphatic heterocycles. The van der Waals surface area contributed by atoms with Crippen LogP contribution in [0.2, 0.25) is 0 Å². The molecule has 0 atom stereocenters. The number of nitrogens with one attached hydrogen (secondary N) is 1. The van der Waals surface area contributed by atoms with Crippen LogP contribution in [0.25, 0.3) is 0 Å². The van der Waals surface area contributed by atoms with Crippen LogP contribution in [0.1, 0.15) is 29.8 Å². The van der Waals surface area contributed by atoms with E-state index >= 15 is 0 Å². The third-order valence-corrected chi connectivity index (χ3v) is 5.61. The maximum Gasteiger partial charge on any atom is 0.310 e. The molecule has 7 heteroatoms. The fourth-order valence-corrected chi connectivity index (χ4v) is 3.58. The van der Waals surface area contributed by atoms with E-state index in [2.05, 4.69) is 5.32 Å². The Morgan fingerprint density at radius 1 is 1.04 bits per heavy atom. The molecule has 0 aliphatic carbocycles. The van der Waals surface area contributed by atoms with Gasteiger partial charge in [0.05, 0.1) is 16.1 Å². The molecule has 2 aromatic carbocycles. The van der Waals surface area contributed by atoms with E-state index in [4.69, 9.17) is 5.11 Å². The van der Waals surface area contributed by atoms with Crippen LogP contribution in [0.5, 0.6) is 0 Å². The molecular weight excluding hydrogens is 354 g/mol. The van der Waals surface area contributed by atoms with Crippen molar-refractivity contribution >= 4 is 21.7 Å². The van der Waals surface area contributed by atoms with Crippen molar-refractivity contribution in [3.05, 3.63) is 65.7 Å². The second-order valence-corrected chi connectivity index (χ2v) is 8.63. The fourth-order valence-electron chi connectivity index (χ4n) is 2.19. The van der Waals surface area contributed by atoms with Gasteiger partial charge >= 0.3 is 5.97 Å². The molecule has 0 radical (unpaired) electrons. The highest BCUT2D eigenvalue weighted by molar-refractivity contribution is 7.90. The van der Waals surface area contributed by atoms with Gasteiger partial charge in [-0.25, -0.2) is 8.42 Å². The lowest BCUT2D eigenvalue weighted by Gasteiger charge is -2.19. The number of aliphatic carboxylic acids is 1. The van der Waals surface area contributed by atoms with Crippen LogP contribution in [0.3, 0.4) is 0 Å². The maximum atomic E-state index is 12.6. The average Bonchev–Trinajstić information content (AvgIpc) is 2.60. The van der Waals surface area contributed by atoms with Crippen molar-refractivity contribution in [3.8, 4) is 0 Å². The zero-order chi connectivity index (χ0) is 19.4. The van der Waals surface area contributed by atoms with Gasteiger partial charge in [-0.1, -0.05) is 36.4 Å². The van der Waals surface area contributed by atoms with E-state index in [1.807, 2.05) is 0 Å². The van der Waals surface area contributed by atoms with Gasteiger partial charge in [0.1, 0.15) is 0 Å². The van der Waals surface area contributed by atoms with Gasteiger partial charge in [-0.3, -0.25) is 9.59 Å². The highest BCUT2D eigenvalue weighted by atomic mass is 32.2. The number of rotatable bonds is 7. The summed E-state index contributed by atoms with van der Waals surface area (Å²) in [6, 6.07) is 14.5. The summed E-state index contributed by atoms with van der Waals surface area (Å²) in [5, 5.41) is 11.6. The molecule has 2 rings (SSSR count). The molecule has 138 valence electrons. The molecule has 26 heavy (non-hydrogen) atoms. The Morgan fingerprint density at radius 2 is 1.69 bits per heavy atom. The van der Waals surface area contributed by atoms with Gasteiger partial charge in [0.25, 0.3) is 5.91 Å². The number of carboxylic acids is 1. The second-order valence-electron chi connectivity index (χ2n) is 6.64. The predicted molar refractivity (Wildman–Crippen MR) is 97.5 cm³/mol. The van der Waals surface area contributed by atoms with Crippen LogP contribution < -0.4 is 5.32 Å². The largest absolute Gasteiger partial charge is 0.481 e. The topological polar surface area (TPSA) is 101 Å². The number of hydrogen-bond acceptors (Lipinski definition) is 4. The first-order chi connectivity index (χ1) is 12.1. The van der Waals surface area contributed by atoms with Crippen LogP contribution in [0.4, 0.5) is 0 Å². The Labute approximate surface area is 152 Å². The number of carbonyl (C=O) groups excluding carboxylic acids is 1. The van der Waals surface area contributed by atoms with E-state index in [9.17, 15) is 18.0 Å². The first-order valence-electron chi connectivity index (χ1n) is 8.00. The normalized spacial score (nSPS) is 11.8. The zero-order valence-corrected chi connectivity index (χ0v) is 15.4. The first kappa shape index (κ1) is 19.7. The van der Waals surface area contributed by atoms with Gasteiger partial charge in [-0.05, 0) is 37.6 Å². The zero-order valence-electron chi connectivity index (χ0n) is 14.6. The van der Waals surface area contributed by atoms with Gasteiger partial charge in [0.2, 0.25) is 0 Å². The number of benzene rings is 2. The molecule has 2 N–H and O–H groups in total. The van der Waals surface area contributed by atoms with Gasteiger partial charge in [-0.15, -0.1) is 0 Å². The summed E-state index contributed by atoms with van der Waals surface area (Å²) in [6.07, 6.45) is 0. The molecule has 0 saturated heterocycles. The minimum Gasteiger partial charge on any atom is -0.481 e. The van der Waals surface area contributed by atoms with Crippen molar-refractivity contribution < 1.29 is 23.1 Å². The molecule has 0 spiro atoms. The van der Waals surface area contributed by atoms with Gasteiger partial charge in [0.15, 0.2) is 9.84 Å².